The zero-order chi connectivity index (χ0) is 30.0. The molecular weight excluding hydrogens is 575 g/mol. The van der Waals surface area contributed by atoms with Crippen LogP contribution in [0.1, 0.15) is 88.0 Å². The summed E-state index contributed by atoms with van der Waals surface area (Å²) in [6, 6.07) is 0. The third kappa shape index (κ3) is 4.86. The summed E-state index contributed by atoms with van der Waals surface area (Å²) in [5, 5.41) is 31.0. The van der Waals surface area contributed by atoms with Crippen LogP contribution in [0.5, 0.6) is 0 Å². The minimum Gasteiger partial charge on any atom is -0.679 e. The largest absolute Gasteiger partial charge is 0.679 e. The Hall–Kier alpha value is -3.43. The molecule has 2 aromatic rings. The van der Waals surface area contributed by atoms with Gasteiger partial charge < -0.3 is 30.8 Å². The molecule has 2 aromatic heterocycles. The van der Waals surface area contributed by atoms with Crippen LogP contribution in [-0.4, -0.2) is 33.2 Å². The summed E-state index contributed by atoms with van der Waals surface area (Å²) in [5.74, 6) is -1.62. The van der Waals surface area contributed by atoms with E-state index in [1.54, 1.807) is 0 Å². The number of fused-ring (bicyclic) bond motifs is 9. The van der Waals surface area contributed by atoms with E-state index in [1.165, 1.54) is 11.1 Å². The van der Waals surface area contributed by atoms with Crippen molar-refractivity contribution < 1.29 is 36.6 Å². The molecule has 8 bridgehead atoms. The minimum absolute atomic E-state index is 0. The van der Waals surface area contributed by atoms with Crippen molar-refractivity contribution in [1.82, 2.24) is 9.97 Å². The maximum atomic E-state index is 11.5. The third-order valence-electron chi connectivity index (χ3n) is 10.0. The van der Waals surface area contributed by atoms with Crippen LogP contribution in [-0.2, 0) is 39.2 Å². The molecular formula is C33H38CoN4O4-4. The number of nitrogens with zero attached hydrogens (tertiary/aromatic N) is 4. The van der Waals surface area contributed by atoms with Gasteiger partial charge >= 0.3 is 11.9 Å². The predicted molar refractivity (Wildman–Crippen MR) is 160 cm³/mol. The maximum absolute atomic E-state index is 11.5. The molecule has 8 nitrogen and oxygen atoms in total. The molecule has 0 saturated carbocycles. The summed E-state index contributed by atoms with van der Waals surface area (Å²) in [5.41, 5.74) is 9.05. The number of aromatic nitrogens is 2. The fourth-order valence-electron chi connectivity index (χ4n) is 6.61. The van der Waals surface area contributed by atoms with Gasteiger partial charge in [-0.1, -0.05) is 83.5 Å². The van der Waals surface area contributed by atoms with Crippen LogP contribution in [0.4, 0.5) is 0 Å². The Bertz CT molecular complexity index is 1710. The number of carbonyl (C=O) groups is 2. The Labute approximate surface area is 257 Å². The number of carboxylic acids is 2. The van der Waals surface area contributed by atoms with E-state index in [9.17, 15) is 19.8 Å². The number of rotatable bonds is 6. The van der Waals surface area contributed by atoms with Crippen molar-refractivity contribution in [2.45, 2.75) is 92.2 Å². The molecule has 5 heterocycles. The minimum atomic E-state index is -0.874. The number of aliphatic carboxylic acids is 2. The van der Waals surface area contributed by atoms with Gasteiger partial charge in [0.15, 0.2) is 0 Å². The Balaban J connectivity index is 0.00000405. The summed E-state index contributed by atoms with van der Waals surface area (Å²) in [7, 11) is 0. The van der Waals surface area contributed by atoms with E-state index in [4.69, 9.17) is 20.6 Å². The summed E-state index contributed by atoms with van der Waals surface area (Å²) in [4.78, 5) is 33.0. The average molecular weight is 614 g/mol. The van der Waals surface area contributed by atoms with E-state index >= 15 is 0 Å². The van der Waals surface area contributed by atoms with E-state index in [2.05, 4.69) is 41.5 Å². The molecule has 3 aliphatic rings. The SMILES string of the molecule is CC1=C(C)[C@@]2(C)[N-]/C1=C\c1[n-]c(c(CCC(=O)O)c1C)/C=c1\[n-]/c(c(C)c1CCC(=O)O)=C\C1=C(C)C(C)[C@@]2(C)[N-]1.[Co]. The van der Waals surface area contributed by atoms with Gasteiger partial charge in [0.05, 0.1) is 0 Å². The average Bonchev–Trinajstić information content (AvgIpc) is 3.51. The predicted octanol–water partition coefficient (Wildman–Crippen LogP) is 4.75. The Kier molecular flexibility index (Phi) is 8.25. The molecule has 0 fully saturated rings. The van der Waals surface area contributed by atoms with Gasteiger partial charge in [-0.2, -0.15) is 0 Å². The van der Waals surface area contributed by atoms with Gasteiger partial charge in [0.2, 0.25) is 0 Å². The van der Waals surface area contributed by atoms with Crippen molar-refractivity contribution in [3.63, 3.8) is 0 Å². The summed E-state index contributed by atoms with van der Waals surface area (Å²) in [6.45, 7) is 16.9. The Morgan fingerprint density at radius 2 is 1.43 bits per heavy atom. The quantitative estimate of drug-likeness (QED) is 0.484. The summed E-state index contributed by atoms with van der Waals surface area (Å²) >= 11 is 0. The first-order chi connectivity index (χ1) is 19.2. The van der Waals surface area contributed by atoms with E-state index in [1.807, 2.05) is 32.1 Å². The zero-order valence-corrected chi connectivity index (χ0v) is 26.5. The number of carboxylic acid groups (broad SMARTS) is 2. The molecule has 5 rings (SSSR count). The number of hydrogen-bond donors (Lipinski definition) is 2. The van der Waals surface area contributed by atoms with Crippen molar-refractivity contribution in [3.8, 4) is 0 Å². The van der Waals surface area contributed by atoms with Crippen molar-refractivity contribution in [2.24, 2.45) is 5.92 Å². The monoisotopic (exact) mass is 613 g/mol. The van der Waals surface area contributed by atoms with Crippen molar-refractivity contribution in [2.75, 3.05) is 0 Å². The molecule has 3 aliphatic heterocycles. The fourth-order valence-corrected chi connectivity index (χ4v) is 6.61. The standard InChI is InChI=1S/C33H38N4O4.Co/c1-16-20(5)32(7)33(8)21(6)17(2)27(37-33)14-25-19(4)23(10-12-31(40)41)29(35-25)15-28-22(9-11-30(38)39)18(3)24(34-28)13-26(16)36-32;/h13-15,20H,9-12H2,1-8H3,(H,38,39)(H,40,41);/q-4;/b24-13-,27-14-,28-15-;/t20?,32-,33-;/m1./s1. The van der Waals surface area contributed by atoms with Gasteiger partial charge in [-0.25, -0.2) is 0 Å². The van der Waals surface area contributed by atoms with Gasteiger partial charge in [-0.3, -0.25) is 9.59 Å². The molecule has 0 amide bonds. The van der Waals surface area contributed by atoms with Crippen LogP contribution in [0.3, 0.4) is 0 Å². The molecule has 3 atom stereocenters. The van der Waals surface area contributed by atoms with E-state index in [0.29, 0.717) is 23.9 Å². The van der Waals surface area contributed by atoms with Gasteiger partial charge in [0.1, 0.15) is 0 Å². The van der Waals surface area contributed by atoms with E-state index in [0.717, 1.165) is 50.3 Å². The number of allylic oxidation sites excluding steroid dienone is 2. The normalized spacial score (nSPS) is 27.3. The topological polar surface area (TPSA) is 131 Å². The third-order valence-corrected chi connectivity index (χ3v) is 10.0. The van der Waals surface area contributed by atoms with Crippen LogP contribution in [0.2, 0.25) is 0 Å². The van der Waals surface area contributed by atoms with Crippen LogP contribution >= 0.6 is 0 Å². The molecule has 42 heavy (non-hydrogen) atoms. The molecule has 9 heteroatoms. The summed E-state index contributed by atoms with van der Waals surface area (Å²) in [6.07, 6.45) is 6.54. The first-order valence-electron chi connectivity index (χ1n) is 14.2. The van der Waals surface area contributed by atoms with Crippen LogP contribution in [0.25, 0.3) is 28.9 Å². The first-order valence-corrected chi connectivity index (χ1v) is 14.2. The molecule has 1 radical (unpaired) electrons. The van der Waals surface area contributed by atoms with Gasteiger partial charge in [-0.15, -0.1) is 39.0 Å². The van der Waals surface area contributed by atoms with Gasteiger partial charge in [0, 0.05) is 29.6 Å². The first kappa shape index (κ1) is 31.5. The molecule has 2 N–H and O–H groups in total. The van der Waals surface area contributed by atoms with E-state index in [-0.39, 0.29) is 35.5 Å². The van der Waals surface area contributed by atoms with Crippen molar-refractivity contribution in [3.05, 3.63) is 83.1 Å². The second-order valence-electron chi connectivity index (χ2n) is 12.1. The van der Waals surface area contributed by atoms with E-state index < -0.39 is 23.0 Å². The van der Waals surface area contributed by atoms with Gasteiger partial charge in [-0.05, 0) is 53.4 Å². The molecule has 0 aromatic carbocycles. The molecule has 0 aliphatic carbocycles. The second-order valence-corrected chi connectivity index (χ2v) is 12.1. The molecule has 0 spiro atoms. The summed E-state index contributed by atoms with van der Waals surface area (Å²) < 4.78 is 0. The van der Waals surface area contributed by atoms with Crippen LogP contribution in [0, 0.1) is 19.8 Å². The van der Waals surface area contributed by atoms with Crippen molar-refractivity contribution >= 4 is 30.2 Å². The molecule has 227 valence electrons. The Morgan fingerprint density at radius 1 is 0.810 bits per heavy atom. The number of hydrogen-bond acceptors (Lipinski definition) is 2. The molecule has 1 unspecified atom stereocenters. The zero-order valence-electron chi connectivity index (χ0n) is 25.5. The second kappa shape index (κ2) is 11.0. The van der Waals surface area contributed by atoms with Crippen molar-refractivity contribution in [1.29, 1.82) is 0 Å². The Morgan fingerprint density at radius 3 is 2.05 bits per heavy atom. The molecule has 0 saturated heterocycles. The fraction of sp³-hybridized carbons (Fsp3) is 0.455. The van der Waals surface area contributed by atoms with Crippen LogP contribution in [0.15, 0.2) is 28.1 Å². The maximum Gasteiger partial charge on any atom is 0.303 e. The van der Waals surface area contributed by atoms with Gasteiger partial charge in [0.25, 0.3) is 0 Å². The van der Waals surface area contributed by atoms with Crippen LogP contribution < -0.4 is 20.7 Å². The smallest absolute Gasteiger partial charge is 0.303 e.